The number of hydrogen-bond acceptors (Lipinski definition) is 4. The van der Waals surface area contributed by atoms with Crippen LogP contribution in [-0.2, 0) is 9.84 Å². The summed E-state index contributed by atoms with van der Waals surface area (Å²) < 4.78 is 24.6. The van der Waals surface area contributed by atoms with Gasteiger partial charge in [0.15, 0.2) is 0 Å². The van der Waals surface area contributed by atoms with Gasteiger partial charge in [-0.3, -0.25) is 0 Å². The Balaban J connectivity index is 3.22. The van der Waals surface area contributed by atoms with Crippen LogP contribution in [0.1, 0.15) is 12.5 Å². The van der Waals surface area contributed by atoms with E-state index in [2.05, 4.69) is 0 Å². The molecule has 0 spiro atoms. The first-order valence-electron chi connectivity index (χ1n) is 5.13. The SMILES string of the molecule is CS/C(=C/C(C)O)S(=O)(=O)c1ccc(C)cc1. The first kappa shape index (κ1) is 14.3. The predicted molar refractivity (Wildman–Crippen MR) is 71.6 cm³/mol. The maximum absolute atomic E-state index is 12.2. The van der Waals surface area contributed by atoms with E-state index < -0.39 is 15.9 Å². The van der Waals surface area contributed by atoms with Crippen LogP contribution >= 0.6 is 11.8 Å². The Bertz CT molecular complexity index is 499. The second-order valence-electron chi connectivity index (χ2n) is 3.75. The van der Waals surface area contributed by atoms with E-state index in [1.807, 2.05) is 6.92 Å². The van der Waals surface area contributed by atoms with Crippen LogP contribution in [0, 0.1) is 6.92 Å². The second-order valence-corrected chi connectivity index (χ2v) is 6.77. The van der Waals surface area contributed by atoms with E-state index >= 15 is 0 Å². The van der Waals surface area contributed by atoms with Crippen molar-refractivity contribution < 1.29 is 13.5 Å². The van der Waals surface area contributed by atoms with Gasteiger partial charge in [-0.2, -0.15) is 0 Å². The number of thioether (sulfide) groups is 1. The van der Waals surface area contributed by atoms with E-state index in [0.29, 0.717) is 0 Å². The predicted octanol–water partition coefficient (Wildman–Crippen LogP) is 2.35. The molecule has 17 heavy (non-hydrogen) atoms. The summed E-state index contributed by atoms with van der Waals surface area (Å²) in [4.78, 5) is 0.254. The Morgan fingerprint density at radius 1 is 1.35 bits per heavy atom. The molecule has 1 rings (SSSR count). The van der Waals surface area contributed by atoms with Crippen LogP contribution in [0.15, 0.2) is 39.5 Å². The lowest BCUT2D eigenvalue weighted by molar-refractivity contribution is 0.244. The molecule has 0 heterocycles. The minimum Gasteiger partial charge on any atom is -0.389 e. The summed E-state index contributed by atoms with van der Waals surface area (Å²) in [5, 5.41) is 9.25. The molecule has 1 atom stereocenters. The van der Waals surface area contributed by atoms with Gasteiger partial charge in [0.1, 0.15) is 4.24 Å². The first-order valence-corrected chi connectivity index (χ1v) is 7.84. The molecule has 0 aliphatic heterocycles. The zero-order chi connectivity index (χ0) is 13.1. The van der Waals surface area contributed by atoms with E-state index in [-0.39, 0.29) is 9.13 Å². The third-order valence-corrected chi connectivity index (χ3v) is 5.43. The lowest BCUT2D eigenvalue weighted by Crippen LogP contribution is -2.05. The third kappa shape index (κ3) is 3.59. The molecule has 3 nitrogen and oxygen atoms in total. The summed E-state index contributed by atoms with van der Waals surface area (Å²) in [5.74, 6) is 0. The Morgan fingerprint density at radius 3 is 2.29 bits per heavy atom. The number of sulfone groups is 1. The summed E-state index contributed by atoms with van der Waals surface area (Å²) in [5.41, 5.74) is 1.01. The van der Waals surface area contributed by atoms with Gasteiger partial charge in [0.2, 0.25) is 9.84 Å². The zero-order valence-corrected chi connectivity index (χ0v) is 11.7. The Hall–Kier alpha value is -0.780. The molecular weight excluding hydrogens is 256 g/mol. The van der Waals surface area contributed by atoms with Crippen LogP contribution in [0.4, 0.5) is 0 Å². The average Bonchev–Trinajstić information content (AvgIpc) is 2.26. The maximum atomic E-state index is 12.2. The fourth-order valence-corrected chi connectivity index (χ4v) is 3.90. The highest BCUT2D eigenvalue weighted by molar-refractivity contribution is 8.18. The lowest BCUT2D eigenvalue weighted by Gasteiger charge is -2.08. The molecule has 0 aliphatic carbocycles. The van der Waals surface area contributed by atoms with Crippen LogP contribution in [0.2, 0.25) is 0 Å². The van der Waals surface area contributed by atoms with E-state index in [9.17, 15) is 13.5 Å². The van der Waals surface area contributed by atoms with Crippen molar-refractivity contribution in [3.63, 3.8) is 0 Å². The van der Waals surface area contributed by atoms with Crippen molar-refractivity contribution >= 4 is 21.6 Å². The largest absolute Gasteiger partial charge is 0.389 e. The monoisotopic (exact) mass is 272 g/mol. The Morgan fingerprint density at radius 2 is 1.88 bits per heavy atom. The van der Waals surface area contributed by atoms with Crippen LogP contribution < -0.4 is 0 Å². The highest BCUT2D eigenvalue weighted by Gasteiger charge is 2.20. The molecule has 5 heteroatoms. The highest BCUT2D eigenvalue weighted by Crippen LogP contribution is 2.27. The minimum atomic E-state index is -3.50. The van der Waals surface area contributed by atoms with Crippen LogP contribution in [0.5, 0.6) is 0 Å². The fourth-order valence-electron chi connectivity index (χ4n) is 1.30. The Labute approximate surface area is 106 Å². The smallest absolute Gasteiger partial charge is 0.212 e. The molecule has 1 aromatic carbocycles. The molecule has 0 aromatic heterocycles. The van der Waals surface area contributed by atoms with Crippen molar-refractivity contribution in [2.24, 2.45) is 0 Å². The number of hydrogen-bond donors (Lipinski definition) is 1. The number of benzene rings is 1. The molecule has 94 valence electrons. The van der Waals surface area contributed by atoms with Gasteiger partial charge in [-0.25, -0.2) is 8.42 Å². The van der Waals surface area contributed by atoms with Crippen molar-refractivity contribution in [1.82, 2.24) is 0 Å². The van der Waals surface area contributed by atoms with Gasteiger partial charge >= 0.3 is 0 Å². The van der Waals surface area contributed by atoms with Crippen molar-refractivity contribution in [2.45, 2.75) is 24.8 Å². The molecule has 1 aromatic rings. The van der Waals surface area contributed by atoms with E-state index in [1.54, 1.807) is 30.5 Å². The number of aliphatic hydroxyl groups excluding tert-OH is 1. The molecular formula is C12H16O3S2. The van der Waals surface area contributed by atoms with E-state index in [0.717, 1.165) is 17.3 Å². The summed E-state index contributed by atoms with van der Waals surface area (Å²) >= 11 is 1.12. The topological polar surface area (TPSA) is 54.4 Å². The van der Waals surface area contributed by atoms with Gasteiger partial charge in [-0.05, 0) is 38.3 Å². The zero-order valence-electron chi connectivity index (χ0n) is 10.0. The van der Waals surface area contributed by atoms with Gasteiger partial charge in [0, 0.05) is 0 Å². The molecule has 1 unspecified atom stereocenters. The normalized spacial score (nSPS) is 14.7. The number of aryl methyl sites for hydroxylation is 1. The average molecular weight is 272 g/mol. The first-order chi connectivity index (χ1) is 7.87. The molecule has 0 amide bonds. The van der Waals surface area contributed by atoms with Gasteiger partial charge in [0.25, 0.3) is 0 Å². The Kier molecular flexibility index (Phi) is 4.80. The third-order valence-electron chi connectivity index (χ3n) is 2.17. The van der Waals surface area contributed by atoms with Crippen LogP contribution in [0.3, 0.4) is 0 Å². The summed E-state index contributed by atoms with van der Waals surface area (Å²) in [7, 11) is -3.50. The van der Waals surface area contributed by atoms with Crippen LogP contribution in [0.25, 0.3) is 0 Å². The molecule has 0 radical (unpaired) electrons. The van der Waals surface area contributed by atoms with Gasteiger partial charge in [0.05, 0.1) is 11.0 Å². The second kappa shape index (κ2) is 5.71. The molecule has 0 aliphatic rings. The summed E-state index contributed by atoms with van der Waals surface area (Å²) in [6, 6.07) is 6.67. The summed E-state index contributed by atoms with van der Waals surface area (Å²) in [6.45, 7) is 3.43. The minimum absolute atomic E-state index is 0.177. The highest BCUT2D eigenvalue weighted by atomic mass is 32.3. The molecule has 0 fully saturated rings. The molecule has 0 saturated heterocycles. The maximum Gasteiger partial charge on any atom is 0.212 e. The number of rotatable bonds is 4. The van der Waals surface area contributed by atoms with Crippen molar-refractivity contribution in [3.05, 3.63) is 40.1 Å². The standard InChI is InChI=1S/C12H16O3S2/c1-9-4-6-11(7-5-9)17(14,15)12(16-3)8-10(2)13/h4-8,10,13H,1-3H3/b12-8-. The van der Waals surface area contributed by atoms with Crippen molar-refractivity contribution in [2.75, 3.05) is 6.26 Å². The summed E-state index contributed by atoms with van der Waals surface area (Å²) in [6.07, 6.45) is 2.25. The van der Waals surface area contributed by atoms with E-state index in [1.165, 1.54) is 13.0 Å². The molecule has 1 N–H and O–H groups in total. The lowest BCUT2D eigenvalue weighted by atomic mass is 10.2. The van der Waals surface area contributed by atoms with E-state index in [4.69, 9.17) is 0 Å². The van der Waals surface area contributed by atoms with Crippen molar-refractivity contribution in [3.8, 4) is 0 Å². The molecule has 0 saturated carbocycles. The van der Waals surface area contributed by atoms with Gasteiger partial charge < -0.3 is 5.11 Å². The van der Waals surface area contributed by atoms with Crippen molar-refractivity contribution in [1.29, 1.82) is 0 Å². The van der Waals surface area contributed by atoms with Gasteiger partial charge in [-0.1, -0.05) is 17.7 Å². The quantitative estimate of drug-likeness (QED) is 0.914. The fraction of sp³-hybridized carbons (Fsp3) is 0.333. The van der Waals surface area contributed by atoms with Gasteiger partial charge in [-0.15, -0.1) is 11.8 Å². The number of aliphatic hydroxyl groups is 1. The molecule has 0 bridgehead atoms. The van der Waals surface area contributed by atoms with Crippen LogP contribution in [-0.4, -0.2) is 25.9 Å².